The van der Waals surface area contributed by atoms with Gasteiger partial charge in [0.1, 0.15) is 5.82 Å². The molecular weight excluding hydrogens is 528 g/mol. The number of nitriles is 1. The number of rotatable bonds is 5. The normalized spacial score (nSPS) is 22.0. The number of aromatic nitrogens is 3. The van der Waals surface area contributed by atoms with Gasteiger partial charge in [0.25, 0.3) is 5.91 Å². The number of nitrogens with one attached hydrogen (secondary N) is 1. The second-order valence-corrected chi connectivity index (χ2v) is 12.2. The Morgan fingerprint density at radius 1 is 1.26 bits per heavy atom. The van der Waals surface area contributed by atoms with Crippen molar-refractivity contribution in [2.45, 2.75) is 38.3 Å². The number of benzene rings is 1. The Balaban J connectivity index is 1.48. The summed E-state index contributed by atoms with van der Waals surface area (Å²) in [6, 6.07) is 8.13. The first-order valence-electron chi connectivity index (χ1n) is 12.4. The number of likely N-dealkylation sites (tertiary alicyclic amines) is 1. The fourth-order valence-corrected chi connectivity index (χ4v) is 6.01. The molecule has 38 heavy (non-hydrogen) atoms. The number of halogens is 1. The van der Waals surface area contributed by atoms with Crippen LogP contribution in [0.5, 0.6) is 0 Å². The third-order valence-electron chi connectivity index (χ3n) is 7.07. The highest BCUT2D eigenvalue weighted by Crippen LogP contribution is 2.34. The number of hydrogen-bond acceptors (Lipinski definition) is 8. The largest absolute Gasteiger partial charge is 0.353 e. The summed E-state index contributed by atoms with van der Waals surface area (Å²) >= 11 is 6.19. The van der Waals surface area contributed by atoms with Crippen LogP contribution in [-0.2, 0) is 10.0 Å². The van der Waals surface area contributed by atoms with Crippen LogP contribution < -0.4 is 15.4 Å². The quantitative estimate of drug-likeness (QED) is 0.487. The lowest BCUT2D eigenvalue weighted by Gasteiger charge is -2.35. The van der Waals surface area contributed by atoms with Gasteiger partial charge >= 0.3 is 0 Å². The highest BCUT2D eigenvalue weighted by Gasteiger charge is 2.34. The molecule has 2 aliphatic rings. The second-order valence-electron chi connectivity index (χ2n) is 10.00. The minimum Gasteiger partial charge on any atom is -0.353 e. The van der Waals surface area contributed by atoms with E-state index < -0.39 is 10.0 Å². The molecule has 11 nitrogen and oxygen atoms in total. The van der Waals surface area contributed by atoms with Crippen LogP contribution in [0.2, 0.25) is 5.02 Å². The first kappa shape index (κ1) is 26.2. The highest BCUT2D eigenvalue weighted by atomic mass is 35.5. The molecular formula is C25H29ClN8O3S. The second kappa shape index (κ2) is 10.1. The summed E-state index contributed by atoms with van der Waals surface area (Å²) in [5.41, 5.74) is 8.75. The van der Waals surface area contributed by atoms with Gasteiger partial charge < -0.3 is 15.5 Å². The summed E-state index contributed by atoms with van der Waals surface area (Å²) in [7, 11) is -3.60. The molecule has 5 rings (SSSR count). The number of amides is 1. The Bertz CT molecular complexity index is 1550. The van der Waals surface area contributed by atoms with Crippen molar-refractivity contribution in [3.63, 3.8) is 0 Å². The Kier molecular flexibility index (Phi) is 6.94. The van der Waals surface area contributed by atoms with Crippen LogP contribution in [0.15, 0.2) is 30.5 Å². The molecule has 3 atom stereocenters. The van der Waals surface area contributed by atoms with Gasteiger partial charge in [0, 0.05) is 48.5 Å². The van der Waals surface area contributed by atoms with Gasteiger partial charge in [0.2, 0.25) is 10.0 Å². The number of anilines is 2. The van der Waals surface area contributed by atoms with Crippen LogP contribution in [0.3, 0.4) is 0 Å². The van der Waals surface area contributed by atoms with E-state index >= 15 is 0 Å². The zero-order valence-electron chi connectivity index (χ0n) is 21.1. The standard InChI is InChI=1S/C25H29ClN8O3S/c1-15-12-34-23(29-24(15)32-13-16(11-27)19(28)14-32)10-21(30-34)22-5-3-4-8-33(22)25(35)18-9-17(26)6-7-20(18)31-38(2,36)37/h6-7,9-10,12,16,19,22,31H,3-5,8,13-14,28H2,1-2H3/t16-,19-,22+/m0/s1. The molecule has 0 saturated carbocycles. The molecule has 200 valence electrons. The van der Waals surface area contributed by atoms with Gasteiger partial charge in [-0.3, -0.25) is 9.52 Å². The van der Waals surface area contributed by atoms with E-state index in [0.29, 0.717) is 42.4 Å². The Labute approximate surface area is 226 Å². The number of carbonyl (C=O) groups is 1. The minimum atomic E-state index is -3.60. The third-order valence-corrected chi connectivity index (χ3v) is 7.89. The maximum absolute atomic E-state index is 13.8. The van der Waals surface area contributed by atoms with E-state index in [9.17, 15) is 18.5 Å². The smallest absolute Gasteiger partial charge is 0.256 e. The lowest BCUT2D eigenvalue weighted by Crippen LogP contribution is -2.39. The van der Waals surface area contributed by atoms with E-state index in [1.54, 1.807) is 15.5 Å². The first-order valence-corrected chi connectivity index (χ1v) is 14.7. The SMILES string of the molecule is Cc1cn2nc([C@H]3CCCCN3C(=O)c3cc(Cl)ccc3NS(C)(=O)=O)cc2nc1N1C[C@H](N)[C@@H](C#N)C1. The molecule has 1 amide bonds. The van der Waals surface area contributed by atoms with Crippen LogP contribution in [0.1, 0.15) is 46.9 Å². The monoisotopic (exact) mass is 556 g/mol. The van der Waals surface area contributed by atoms with Crippen LogP contribution >= 0.6 is 11.6 Å². The fraction of sp³-hybridized carbons (Fsp3) is 0.440. The molecule has 0 unspecified atom stereocenters. The molecule has 0 aliphatic carbocycles. The van der Waals surface area contributed by atoms with Crippen molar-refractivity contribution in [3.8, 4) is 6.07 Å². The van der Waals surface area contributed by atoms with Crippen LogP contribution in [0.25, 0.3) is 5.65 Å². The number of nitrogens with two attached hydrogens (primary N) is 1. The van der Waals surface area contributed by atoms with E-state index in [2.05, 4.69) is 10.8 Å². The van der Waals surface area contributed by atoms with Crippen LogP contribution in [-0.4, -0.2) is 65.8 Å². The summed E-state index contributed by atoms with van der Waals surface area (Å²) in [5, 5.41) is 14.5. The fourth-order valence-electron chi connectivity index (χ4n) is 5.26. The Morgan fingerprint density at radius 2 is 2.05 bits per heavy atom. The first-order chi connectivity index (χ1) is 18.0. The molecule has 3 aromatic rings. The topological polar surface area (TPSA) is 150 Å². The van der Waals surface area contributed by atoms with Crippen molar-refractivity contribution in [2.75, 3.05) is 35.5 Å². The number of sulfonamides is 1. The molecule has 2 aromatic heterocycles. The summed E-state index contributed by atoms with van der Waals surface area (Å²) in [4.78, 5) is 22.4. The number of aryl methyl sites for hydroxylation is 1. The van der Waals surface area contributed by atoms with Gasteiger partial charge in [-0.25, -0.2) is 17.9 Å². The van der Waals surface area contributed by atoms with Gasteiger partial charge in [-0.1, -0.05) is 11.6 Å². The zero-order chi connectivity index (χ0) is 27.2. The van der Waals surface area contributed by atoms with Crippen molar-refractivity contribution in [2.24, 2.45) is 11.7 Å². The van der Waals surface area contributed by atoms with Gasteiger partial charge in [-0.05, 0) is 44.4 Å². The molecule has 0 bridgehead atoms. The Morgan fingerprint density at radius 3 is 2.76 bits per heavy atom. The summed E-state index contributed by atoms with van der Waals surface area (Å²) in [6.45, 7) is 3.52. The summed E-state index contributed by atoms with van der Waals surface area (Å²) in [6.07, 6.45) is 5.39. The van der Waals surface area contributed by atoms with Gasteiger partial charge in [-0.15, -0.1) is 0 Å². The van der Waals surface area contributed by atoms with Crippen molar-refractivity contribution in [1.29, 1.82) is 5.26 Å². The molecule has 1 aromatic carbocycles. The summed E-state index contributed by atoms with van der Waals surface area (Å²) in [5.74, 6) is 0.200. The highest BCUT2D eigenvalue weighted by molar-refractivity contribution is 7.92. The molecule has 2 saturated heterocycles. The molecule has 13 heteroatoms. The average Bonchev–Trinajstić information content (AvgIpc) is 3.45. The molecule has 2 aliphatic heterocycles. The molecule has 0 spiro atoms. The van der Waals surface area contributed by atoms with Crippen LogP contribution in [0.4, 0.5) is 11.5 Å². The number of fused-ring (bicyclic) bond motifs is 1. The van der Waals surface area contributed by atoms with E-state index in [1.807, 2.05) is 24.1 Å². The number of piperidine rings is 1. The number of nitrogens with zero attached hydrogens (tertiary/aromatic N) is 6. The van der Waals surface area contributed by atoms with Gasteiger partial charge in [-0.2, -0.15) is 10.4 Å². The van der Waals surface area contributed by atoms with E-state index in [-0.39, 0.29) is 35.2 Å². The van der Waals surface area contributed by atoms with Crippen molar-refractivity contribution < 1.29 is 13.2 Å². The maximum atomic E-state index is 13.8. The Hall–Kier alpha value is -3.40. The molecule has 4 heterocycles. The van der Waals surface area contributed by atoms with Crippen molar-refractivity contribution in [1.82, 2.24) is 19.5 Å². The lowest BCUT2D eigenvalue weighted by atomic mass is 9.98. The predicted molar refractivity (Wildman–Crippen MR) is 145 cm³/mol. The van der Waals surface area contributed by atoms with Crippen molar-refractivity contribution >= 4 is 44.7 Å². The van der Waals surface area contributed by atoms with E-state index in [4.69, 9.17) is 27.4 Å². The zero-order valence-corrected chi connectivity index (χ0v) is 22.7. The van der Waals surface area contributed by atoms with Crippen LogP contribution in [0, 0.1) is 24.2 Å². The number of hydrogen-bond donors (Lipinski definition) is 2. The van der Waals surface area contributed by atoms with Gasteiger partial charge in [0.15, 0.2) is 5.65 Å². The minimum absolute atomic E-state index is 0.183. The van der Waals surface area contributed by atoms with Crippen molar-refractivity contribution in [3.05, 3.63) is 52.3 Å². The lowest BCUT2D eigenvalue weighted by molar-refractivity contribution is 0.0607. The van der Waals surface area contributed by atoms with E-state index in [1.165, 1.54) is 12.1 Å². The number of carbonyl (C=O) groups excluding carboxylic acids is 1. The third kappa shape index (κ3) is 5.14. The van der Waals surface area contributed by atoms with E-state index in [0.717, 1.165) is 30.5 Å². The predicted octanol–water partition coefficient (Wildman–Crippen LogP) is 2.72. The maximum Gasteiger partial charge on any atom is 0.256 e. The molecule has 3 N–H and O–H groups in total. The molecule has 0 radical (unpaired) electrons. The molecule has 2 fully saturated rings. The van der Waals surface area contributed by atoms with Gasteiger partial charge in [0.05, 0.1) is 41.2 Å². The average molecular weight is 557 g/mol. The summed E-state index contributed by atoms with van der Waals surface area (Å²) < 4.78 is 28.0.